The fourth-order valence-electron chi connectivity index (χ4n) is 2.29. The molecule has 3 heteroatoms. The minimum atomic E-state index is -0.328. The summed E-state index contributed by atoms with van der Waals surface area (Å²) in [6.07, 6.45) is 2.98. The van der Waals surface area contributed by atoms with Crippen LogP contribution >= 0.6 is 0 Å². The first kappa shape index (κ1) is 5.52. The van der Waals surface area contributed by atoms with Crippen LogP contribution in [-0.4, -0.2) is 11.9 Å². The summed E-state index contributed by atoms with van der Waals surface area (Å²) in [5.41, 5.74) is 1.12. The number of allylic oxidation sites excluding steroid dienone is 1. The average Bonchev–Trinajstić information content (AvgIpc) is 2.39. The second kappa shape index (κ2) is 1.40. The van der Waals surface area contributed by atoms with E-state index in [2.05, 4.69) is 4.74 Å². The molecule has 3 nitrogen and oxygen atoms in total. The van der Waals surface area contributed by atoms with Gasteiger partial charge in [0.2, 0.25) is 0 Å². The number of ether oxygens (including phenoxy) is 1. The van der Waals surface area contributed by atoms with Gasteiger partial charge < -0.3 is 4.74 Å². The molecule has 2 bridgehead atoms. The Hall–Kier alpha value is -1.12. The number of hydrogen-bond donors (Lipinski definition) is 0. The molecule has 2 fully saturated rings. The summed E-state index contributed by atoms with van der Waals surface area (Å²) in [6.45, 7) is 0. The molecule has 3 atom stereocenters. The first-order valence-corrected chi connectivity index (χ1v) is 3.73. The molecule has 1 aliphatic heterocycles. The maximum absolute atomic E-state index is 11.0. The van der Waals surface area contributed by atoms with Crippen molar-refractivity contribution in [1.82, 2.24) is 0 Å². The molecule has 1 saturated heterocycles. The predicted molar refractivity (Wildman–Crippen MR) is 34.3 cm³/mol. The Morgan fingerprint density at radius 2 is 2.09 bits per heavy atom. The molecule has 1 saturated carbocycles. The monoisotopic (exact) mass is 150 g/mol. The molecule has 0 aromatic heterocycles. The third-order valence-electron chi connectivity index (χ3n) is 2.85. The van der Waals surface area contributed by atoms with E-state index in [0.717, 1.165) is 12.0 Å². The van der Waals surface area contributed by atoms with E-state index in [9.17, 15) is 9.59 Å². The van der Waals surface area contributed by atoms with Gasteiger partial charge in [-0.25, -0.2) is 0 Å². The predicted octanol–water partition coefficient (Wildman–Crippen LogP) is 0.262. The number of cyclic esters (lactones) is 2. The SMILES string of the molecule is O=C1OC(=O)C2C3C=C(C3)C12. The van der Waals surface area contributed by atoms with Crippen LogP contribution in [0, 0.1) is 17.8 Å². The maximum atomic E-state index is 11.0. The van der Waals surface area contributed by atoms with E-state index in [4.69, 9.17) is 0 Å². The molecule has 4 aliphatic rings. The van der Waals surface area contributed by atoms with Gasteiger partial charge in [-0.3, -0.25) is 9.59 Å². The highest BCUT2D eigenvalue weighted by molar-refractivity contribution is 6.00. The number of esters is 2. The molecule has 11 heavy (non-hydrogen) atoms. The van der Waals surface area contributed by atoms with Crippen LogP contribution in [-0.2, 0) is 14.3 Å². The van der Waals surface area contributed by atoms with Gasteiger partial charge in [-0.1, -0.05) is 11.6 Å². The lowest BCUT2D eigenvalue weighted by Gasteiger charge is -2.14. The van der Waals surface area contributed by atoms with Crippen molar-refractivity contribution in [1.29, 1.82) is 0 Å². The minimum Gasteiger partial charge on any atom is -0.392 e. The van der Waals surface area contributed by atoms with Gasteiger partial charge in [-0.15, -0.1) is 0 Å². The van der Waals surface area contributed by atoms with Crippen LogP contribution < -0.4 is 0 Å². The van der Waals surface area contributed by atoms with Gasteiger partial charge >= 0.3 is 11.9 Å². The van der Waals surface area contributed by atoms with Gasteiger partial charge in [0.15, 0.2) is 0 Å². The van der Waals surface area contributed by atoms with E-state index in [-0.39, 0.29) is 23.8 Å². The van der Waals surface area contributed by atoms with Crippen molar-refractivity contribution >= 4 is 11.9 Å². The van der Waals surface area contributed by atoms with E-state index in [1.165, 1.54) is 0 Å². The Morgan fingerprint density at radius 3 is 2.73 bits per heavy atom. The molecule has 3 unspecified atom stereocenters. The lowest BCUT2D eigenvalue weighted by Crippen LogP contribution is -2.15. The Kier molecular flexibility index (Phi) is 0.700. The van der Waals surface area contributed by atoms with Gasteiger partial charge in [0, 0.05) is 0 Å². The molecule has 0 radical (unpaired) electrons. The smallest absolute Gasteiger partial charge is 0.321 e. The van der Waals surface area contributed by atoms with Crippen LogP contribution in [0.5, 0.6) is 0 Å². The summed E-state index contributed by atoms with van der Waals surface area (Å²) in [5, 5.41) is 0. The van der Waals surface area contributed by atoms with Crippen molar-refractivity contribution in [2.75, 3.05) is 0 Å². The molecule has 1 heterocycles. The molecule has 0 amide bonds. The Balaban J connectivity index is 2.11. The highest BCUT2D eigenvalue weighted by Gasteiger charge is 2.58. The first-order chi connectivity index (χ1) is 5.27. The zero-order valence-electron chi connectivity index (χ0n) is 5.74. The van der Waals surface area contributed by atoms with Crippen molar-refractivity contribution in [3.8, 4) is 0 Å². The fourth-order valence-corrected chi connectivity index (χ4v) is 2.29. The molecule has 0 N–H and O–H groups in total. The van der Waals surface area contributed by atoms with Crippen molar-refractivity contribution < 1.29 is 14.3 Å². The fraction of sp³-hybridized carbons (Fsp3) is 0.500. The zero-order valence-corrected chi connectivity index (χ0v) is 5.74. The molecule has 0 aromatic rings. The Bertz CT molecular complexity index is 302. The van der Waals surface area contributed by atoms with E-state index >= 15 is 0 Å². The van der Waals surface area contributed by atoms with Crippen LogP contribution in [0.25, 0.3) is 0 Å². The van der Waals surface area contributed by atoms with Gasteiger partial charge in [0.1, 0.15) is 0 Å². The second-order valence-corrected chi connectivity index (χ2v) is 3.35. The minimum absolute atomic E-state index is 0.141. The van der Waals surface area contributed by atoms with E-state index in [1.54, 1.807) is 0 Å². The molecular formula is C8H6O3. The van der Waals surface area contributed by atoms with E-state index < -0.39 is 0 Å². The van der Waals surface area contributed by atoms with Crippen molar-refractivity contribution in [2.45, 2.75) is 6.42 Å². The lowest BCUT2D eigenvalue weighted by atomic mass is 9.92. The standard InChI is InChI=1S/C8H6O3/c9-7-5-3-1-4(2-3)6(5)8(10)11-7/h1,3,5-6H,2H2. The summed E-state index contributed by atoms with van der Waals surface area (Å²) in [7, 11) is 0. The van der Waals surface area contributed by atoms with Gasteiger partial charge in [0.05, 0.1) is 11.8 Å². The zero-order chi connectivity index (χ0) is 7.59. The van der Waals surface area contributed by atoms with Crippen LogP contribution in [0.4, 0.5) is 0 Å². The third-order valence-corrected chi connectivity index (χ3v) is 2.85. The normalized spacial score (nSPS) is 44.7. The number of carbonyl (C=O) groups is 2. The lowest BCUT2D eigenvalue weighted by molar-refractivity contribution is -0.154. The summed E-state index contributed by atoms with van der Waals surface area (Å²) in [4.78, 5) is 22.0. The highest BCUT2D eigenvalue weighted by Crippen LogP contribution is 2.54. The second-order valence-electron chi connectivity index (χ2n) is 3.35. The van der Waals surface area contributed by atoms with E-state index in [1.807, 2.05) is 6.08 Å². The largest absolute Gasteiger partial charge is 0.392 e. The molecule has 0 aromatic carbocycles. The van der Waals surface area contributed by atoms with Gasteiger partial charge in [-0.05, 0) is 12.3 Å². The number of hydrogen-bond acceptors (Lipinski definition) is 3. The van der Waals surface area contributed by atoms with Crippen molar-refractivity contribution in [2.24, 2.45) is 17.8 Å². The third kappa shape index (κ3) is 0.441. The number of carbonyl (C=O) groups excluding carboxylic acids is 2. The molecule has 56 valence electrons. The topological polar surface area (TPSA) is 43.4 Å². The van der Waals surface area contributed by atoms with Crippen molar-refractivity contribution in [3.63, 3.8) is 0 Å². The Morgan fingerprint density at radius 1 is 1.36 bits per heavy atom. The van der Waals surface area contributed by atoms with Crippen molar-refractivity contribution in [3.05, 3.63) is 11.6 Å². The molecule has 4 rings (SSSR count). The maximum Gasteiger partial charge on any atom is 0.321 e. The Labute approximate surface area is 63.0 Å². The van der Waals surface area contributed by atoms with Gasteiger partial charge in [0.25, 0.3) is 0 Å². The van der Waals surface area contributed by atoms with Gasteiger partial charge in [-0.2, -0.15) is 0 Å². The average molecular weight is 150 g/mol. The van der Waals surface area contributed by atoms with E-state index in [0.29, 0.717) is 5.92 Å². The van der Waals surface area contributed by atoms with Crippen LogP contribution in [0.3, 0.4) is 0 Å². The molecule has 3 aliphatic carbocycles. The summed E-state index contributed by atoms with van der Waals surface area (Å²) >= 11 is 0. The van der Waals surface area contributed by atoms with Crippen LogP contribution in [0.15, 0.2) is 11.6 Å². The summed E-state index contributed by atoms with van der Waals surface area (Å²) in [6, 6.07) is 0. The first-order valence-electron chi connectivity index (χ1n) is 3.73. The summed E-state index contributed by atoms with van der Waals surface area (Å²) < 4.78 is 4.51. The van der Waals surface area contributed by atoms with Crippen LogP contribution in [0.1, 0.15) is 6.42 Å². The molecule has 0 spiro atoms. The number of rotatable bonds is 0. The quantitative estimate of drug-likeness (QED) is 0.282. The highest BCUT2D eigenvalue weighted by atomic mass is 16.6. The molecular weight excluding hydrogens is 144 g/mol. The summed E-state index contributed by atoms with van der Waals surface area (Å²) in [5.74, 6) is -0.654. The van der Waals surface area contributed by atoms with Crippen LogP contribution in [0.2, 0.25) is 0 Å².